The van der Waals surface area contributed by atoms with Crippen molar-refractivity contribution in [2.24, 2.45) is 17.8 Å². The molecule has 3 nitrogen and oxygen atoms in total. The Balaban J connectivity index is 1.98. The molecule has 1 aliphatic carbocycles. The summed E-state index contributed by atoms with van der Waals surface area (Å²) >= 11 is 0. The minimum Gasteiger partial charge on any atom is -0.481 e. The molecular weight excluding hydrogens is 168 g/mol. The zero-order chi connectivity index (χ0) is 9.26. The van der Waals surface area contributed by atoms with E-state index in [4.69, 9.17) is 9.84 Å². The molecule has 0 aromatic heterocycles. The van der Waals surface area contributed by atoms with Gasteiger partial charge in [0.2, 0.25) is 0 Å². The molecule has 0 aromatic rings. The van der Waals surface area contributed by atoms with Crippen molar-refractivity contribution >= 4 is 5.97 Å². The van der Waals surface area contributed by atoms with Crippen molar-refractivity contribution in [3.63, 3.8) is 0 Å². The van der Waals surface area contributed by atoms with Gasteiger partial charge in [-0.05, 0) is 31.1 Å². The van der Waals surface area contributed by atoms with E-state index in [-0.39, 0.29) is 11.8 Å². The molecule has 1 aliphatic heterocycles. The topological polar surface area (TPSA) is 46.5 Å². The highest BCUT2D eigenvalue weighted by Gasteiger charge is 2.39. The number of carbonyl (C=O) groups is 1. The van der Waals surface area contributed by atoms with E-state index in [9.17, 15) is 4.79 Å². The minimum absolute atomic E-state index is 0.128. The average molecular weight is 184 g/mol. The van der Waals surface area contributed by atoms with Crippen molar-refractivity contribution in [3.05, 3.63) is 0 Å². The van der Waals surface area contributed by atoms with Gasteiger partial charge >= 0.3 is 5.97 Å². The van der Waals surface area contributed by atoms with Crippen LogP contribution in [0.2, 0.25) is 0 Å². The maximum atomic E-state index is 11.1. The van der Waals surface area contributed by atoms with Gasteiger partial charge in [0, 0.05) is 6.61 Å². The molecule has 1 saturated heterocycles. The fraction of sp³-hybridized carbons (Fsp3) is 0.900. The Kier molecular flexibility index (Phi) is 2.54. The first-order chi connectivity index (χ1) is 6.29. The summed E-state index contributed by atoms with van der Waals surface area (Å²) < 4.78 is 5.24. The van der Waals surface area contributed by atoms with Crippen molar-refractivity contribution in [1.29, 1.82) is 0 Å². The number of hydrogen-bond acceptors (Lipinski definition) is 2. The van der Waals surface area contributed by atoms with E-state index in [0.717, 1.165) is 25.9 Å². The molecule has 2 aliphatic rings. The van der Waals surface area contributed by atoms with Gasteiger partial charge in [0.05, 0.1) is 12.5 Å². The third-order valence-corrected chi connectivity index (χ3v) is 3.42. The molecule has 2 rings (SSSR count). The summed E-state index contributed by atoms with van der Waals surface area (Å²) in [7, 11) is 0. The Labute approximate surface area is 78.1 Å². The normalized spacial score (nSPS) is 31.2. The van der Waals surface area contributed by atoms with Crippen LogP contribution in [0.4, 0.5) is 0 Å². The predicted octanol–water partition coefficient (Wildman–Crippen LogP) is 1.52. The second-order valence-electron chi connectivity index (χ2n) is 4.18. The van der Waals surface area contributed by atoms with E-state index in [2.05, 4.69) is 0 Å². The average Bonchev–Trinajstić information content (AvgIpc) is 2.46. The van der Waals surface area contributed by atoms with Crippen molar-refractivity contribution in [2.75, 3.05) is 13.2 Å². The molecule has 0 spiro atoms. The third kappa shape index (κ3) is 1.70. The van der Waals surface area contributed by atoms with Crippen LogP contribution in [0, 0.1) is 17.8 Å². The fourth-order valence-electron chi connectivity index (χ4n) is 2.42. The van der Waals surface area contributed by atoms with Crippen LogP contribution >= 0.6 is 0 Å². The van der Waals surface area contributed by atoms with Crippen LogP contribution in [-0.2, 0) is 9.53 Å². The first-order valence-electron chi connectivity index (χ1n) is 5.09. The number of aliphatic carboxylic acids is 1. The summed E-state index contributed by atoms with van der Waals surface area (Å²) in [4.78, 5) is 11.1. The van der Waals surface area contributed by atoms with Gasteiger partial charge in [0.15, 0.2) is 0 Å². The van der Waals surface area contributed by atoms with E-state index in [0.29, 0.717) is 12.5 Å². The standard InChI is InChI=1S/C10H16O3/c11-10(12)9(7-2-1-3-7)8-4-5-13-6-8/h7-9H,1-6H2,(H,11,12). The lowest BCUT2D eigenvalue weighted by Crippen LogP contribution is -2.34. The fourth-order valence-corrected chi connectivity index (χ4v) is 2.42. The molecule has 2 atom stereocenters. The van der Waals surface area contributed by atoms with Crippen LogP contribution in [-0.4, -0.2) is 24.3 Å². The van der Waals surface area contributed by atoms with E-state index >= 15 is 0 Å². The lowest BCUT2D eigenvalue weighted by molar-refractivity contribution is -0.147. The van der Waals surface area contributed by atoms with Gasteiger partial charge in [-0.2, -0.15) is 0 Å². The summed E-state index contributed by atoms with van der Waals surface area (Å²) in [6.07, 6.45) is 4.36. The Morgan fingerprint density at radius 2 is 2.08 bits per heavy atom. The van der Waals surface area contributed by atoms with Crippen LogP contribution in [0.25, 0.3) is 0 Å². The van der Waals surface area contributed by atoms with Crippen LogP contribution in [0.1, 0.15) is 25.7 Å². The van der Waals surface area contributed by atoms with Crippen molar-refractivity contribution < 1.29 is 14.6 Å². The lowest BCUT2D eigenvalue weighted by atomic mass is 9.70. The van der Waals surface area contributed by atoms with Crippen molar-refractivity contribution in [3.8, 4) is 0 Å². The third-order valence-electron chi connectivity index (χ3n) is 3.42. The van der Waals surface area contributed by atoms with Gasteiger partial charge < -0.3 is 9.84 Å². The zero-order valence-corrected chi connectivity index (χ0v) is 7.74. The molecule has 3 heteroatoms. The second kappa shape index (κ2) is 3.66. The molecule has 1 heterocycles. The Morgan fingerprint density at radius 3 is 2.46 bits per heavy atom. The highest BCUT2D eigenvalue weighted by Crippen LogP contribution is 2.39. The molecule has 2 fully saturated rings. The molecule has 0 aromatic carbocycles. The van der Waals surface area contributed by atoms with E-state index in [1.807, 2.05) is 0 Å². The zero-order valence-electron chi connectivity index (χ0n) is 7.74. The highest BCUT2D eigenvalue weighted by atomic mass is 16.5. The molecule has 1 saturated carbocycles. The predicted molar refractivity (Wildman–Crippen MR) is 47.4 cm³/mol. The first kappa shape index (κ1) is 9.00. The van der Waals surface area contributed by atoms with Crippen LogP contribution < -0.4 is 0 Å². The number of ether oxygens (including phenoxy) is 1. The Hall–Kier alpha value is -0.570. The molecule has 2 unspecified atom stereocenters. The maximum Gasteiger partial charge on any atom is 0.307 e. The van der Waals surface area contributed by atoms with Gasteiger partial charge in [-0.3, -0.25) is 4.79 Å². The van der Waals surface area contributed by atoms with Crippen LogP contribution in [0.15, 0.2) is 0 Å². The van der Waals surface area contributed by atoms with Crippen molar-refractivity contribution in [2.45, 2.75) is 25.7 Å². The molecule has 0 bridgehead atoms. The van der Waals surface area contributed by atoms with Crippen molar-refractivity contribution in [1.82, 2.24) is 0 Å². The summed E-state index contributed by atoms with van der Waals surface area (Å²) in [6, 6.07) is 0. The molecule has 74 valence electrons. The smallest absolute Gasteiger partial charge is 0.307 e. The Bertz CT molecular complexity index is 192. The van der Waals surface area contributed by atoms with E-state index in [1.165, 1.54) is 6.42 Å². The number of rotatable bonds is 3. The monoisotopic (exact) mass is 184 g/mol. The van der Waals surface area contributed by atoms with E-state index in [1.54, 1.807) is 0 Å². The Morgan fingerprint density at radius 1 is 1.31 bits per heavy atom. The van der Waals surface area contributed by atoms with Gasteiger partial charge in [-0.15, -0.1) is 0 Å². The number of hydrogen-bond donors (Lipinski definition) is 1. The molecule has 0 radical (unpaired) electrons. The van der Waals surface area contributed by atoms with Crippen LogP contribution in [0.3, 0.4) is 0 Å². The first-order valence-corrected chi connectivity index (χ1v) is 5.09. The highest BCUT2D eigenvalue weighted by molar-refractivity contribution is 5.71. The lowest BCUT2D eigenvalue weighted by Gasteiger charge is -2.33. The summed E-state index contributed by atoms with van der Waals surface area (Å²) in [5, 5.41) is 9.11. The molecule has 1 N–H and O–H groups in total. The largest absolute Gasteiger partial charge is 0.481 e. The van der Waals surface area contributed by atoms with E-state index < -0.39 is 5.97 Å². The van der Waals surface area contributed by atoms with Gasteiger partial charge in [0.1, 0.15) is 0 Å². The summed E-state index contributed by atoms with van der Waals surface area (Å²) in [6.45, 7) is 1.41. The number of carboxylic acids is 1. The van der Waals surface area contributed by atoms with Gasteiger partial charge in [-0.25, -0.2) is 0 Å². The minimum atomic E-state index is -0.611. The second-order valence-corrected chi connectivity index (χ2v) is 4.18. The molecule has 13 heavy (non-hydrogen) atoms. The molecular formula is C10H16O3. The summed E-state index contributed by atoms with van der Waals surface area (Å²) in [5.41, 5.74) is 0. The van der Waals surface area contributed by atoms with Crippen LogP contribution in [0.5, 0.6) is 0 Å². The SMILES string of the molecule is O=C(O)C(C1CCC1)C1CCOC1. The quantitative estimate of drug-likeness (QED) is 0.723. The maximum absolute atomic E-state index is 11.1. The van der Waals surface area contributed by atoms with Gasteiger partial charge in [-0.1, -0.05) is 6.42 Å². The summed E-state index contributed by atoms with van der Waals surface area (Å²) in [5.74, 6) is -0.0246. The number of carboxylic acid groups (broad SMARTS) is 1. The molecule has 0 amide bonds. The van der Waals surface area contributed by atoms with Gasteiger partial charge in [0.25, 0.3) is 0 Å².